The Bertz CT molecular complexity index is 569. The van der Waals surface area contributed by atoms with Crippen LogP contribution in [0.15, 0.2) is 29.8 Å². The summed E-state index contributed by atoms with van der Waals surface area (Å²) in [5.74, 6) is 0. The number of thiocarbonyl (C=S) groups is 1. The molecule has 0 amide bonds. The first-order valence-electron chi connectivity index (χ1n) is 5.87. The highest BCUT2D eigenvalue weighted by atomic mass is 35.5. The molecule has 19 heavy (non-hydrogen) atoms. The molecule has 100 valence electrons. The van der Waals surface area contributed by atoms with Crippen molar-refractivity contribution in [1.82, 2.24) is 4.98 Å². The normalized spacial score (nSPS) is 12.1. The Balaban J connectivity index is 2.31. The van der Waals surface area contributed by atoms with E-state index < -0.39 is 0 Å². The van der Waals surface area contributed by atoms with Crippen LogP contribution in [-0.2, 0) is 0 Å². The highest BCUT2D eigenvalue weighted by Gasteiger charge is 2.14. The molecule has 0 aliphatic heterocycles. The van der Waals surface area contributed by atoms with Crippen molar-refractivity contribution in [3.8, 4) is 0 Å². The molecule has 1 aromatic heterocycles. The molecule has 0 aliphatic rings. The molecule has 1 heterocycles. The quantitative estimate of drug-likeness (QED) is 0.820. The zero-order valence-electron chi connectivity index (χ0n) is 10.4. The smallest absolute Gasteiger partial charge is 0.115 e. The minimum atomic E-state index is 0.131. The SMILES string of the molecule is CCC(Nc1cc(Cl)ccc1C(N)=S)c1nccs1. The van der Waals surface area contributed by atoms with Gasteiger partial charge in [-0.25, -0.2) is 4.98 Å². The summed E-state index contributed by atoms with van der Waals surface area (Å²) < 4.78 is 0. The lowest BCUT2D eigenvalue weighted by molar-refractivity contribution is 0.742. The lowest BCUT2D eigenvalue weighted by atomic mass is 10.1. The predicted octanol–water partition coefficient (Wildman–Crippen LogP) is 3.99. The van der Waals surface area contributed by atoms with Gasteiger partial charge in [-0.05, 0) is 24.6 Å². The van der Waals surface area contributed by atoms with Crippen molar-refractivity contribution >= 4 is 45.8 Å². The van der Waals surface area contributed by atoms with Gasteiger partial charge in [0.25, 0.3) is 0 Å². The van der Waals surface area contributed by atoms with Crippen molar-refractivity contribution in [3.63, 3.8) is 0 Å². The molecular weight excluding hydrogens is 298 g/mol. The summed E-state index contributed by atoms with van der Waals surface area (Å²) in [7, 11) is 0. The molecule has 0 radical (unpaired) electrons. The van der Waals surface area contributed by atoms with Crippen LogP contribution in [0.1, 0.15) is 30.0 Å². The van der Waals surface area contributed by atoms with Gasteiger partial charge in [0.05, 0.1) is 6.04 Å². The third-order valence-corrected chi connectivity index (χ3v) is 4.08. The van der Waals surface area contributed by atoms with Crippen LogP contribution in [0.3, 0.4) is 0 Å². The summed E-state index contributed by atoms with van der Waals surface area (Å²) in [4.78, 5) is 4.69. The van der Waals surface area contributed by atoms with Gasteiger partial charge in [0.2, 0.25) is 0 Å². The van der Waals surface area contributed by atoms with Gasteiger partial charge in [0.1, 0.15) is 10.00 Å². The van der Waals surface area contributed by atoms with E-state index in [1.54, 1.807) is 23.6 Å². The molecule has 0 fully saturated rings. The summed E-state index contributed by atoms with van der Waals surface area (Å²) >= 11 is 12.7. The van der Waals surface area contributed by atoms with Crippen molar-refractivity contribution < 1.29 is 0 Å². The number of nitrogens with zero attached hydrogens (tertiary/aromatic N) is 1. The molecule has 1 aromatic carbocycles. The third-order valence-electron chi connectivity index (χ3n) is 2.73. The van der Waals surface area contributed by atoms with Gasteiger partial charge in [-0.3, -0.25) is 0 Å². The number of nitrogens with one attached hydrogen (secondary N) is 1. The van der Waals surface area contributed by atoms with Crippen LogP contribution in [-0.4, -0.2) is 9.97 Å². The number of hydrogen-bond donors (Lipinski definition) is 2. The van der Waals surface area contributed by atoms with E-state index in [1.807, 2.05) is 17.5 Å². The number of thiazole rings is 1. The van der Waals surface area contributed by atoms with Crippen LogP contribution in [0.5, 0.6) is 0 Å². The Morgan fingerprint density at radius 2 is 2.37 bits per heavy atom. The molecule has 0 saturated carbocycles. The largest absolute Gasteiger partial charge is 0.389 e. The molecule has 1 unspecified atom stereocenters. The Labute approximate surface area is 126 Å². The molecule has 0 aliphatic carbocycles. The Hall–Kier alpha value is -1.17. The lowest BCUT2D eigenvalue weighted by Crippen LogP contribution is -2.16. The highest BCUT2D eigenvalue weighted by Crippen LogP contribution is 2.28. The number of nitrogens with two attached hydrogens (primary N) is 1. The van der Waals surface area contributed by atoms with Gasteiger partial charge in [-0.1, -0.05) is 30.7 Å². The molecule has 0 saturated heterocycles. The van der Waals surface area contributed by atoms with E-state index in [0.29, 0.717) is 10.0 Å². The first-order chi connectivity index (χ1) is 9.11. The fraction of sp³-hybridized carbons (Fsp3) is 0.231. The van der Waals surface area contributed by atoms with E-state index in [4.69, 9.17) is 29.6 Å². The average molecular weight is 312 g/mol. The van der Waals surface area contributed by atoms with Crippen molar-refractivity contribution in [2.75, 3.05) is 5.32 Å². The van der Waals surface area contributed by atoms with E-state index in [1.165, 1.54) is 0 Å². The van der Waals surface area contributed by atoms with E-state index in [9.17, 15) is 0 Å². The minimum absolute atomic E-state index is 0.131. The molecule has 0 spiro atoms. The fourth-order valence-corrected chi connectivity index (χ4v) is 2.91. The summed E-state index contributed by atoms with van der Waals surface area (Å²) in [6.07, 6.45) is 2.72. The number of rotatable bonds is 5. The highest BCUT2D eigenvalue weighted by molar-refractivity contribution is 7.80. The summed E-state index contributed by atoms with van der Waals surface area (Å²) in [6, 6.07) is 5.59. The average Bonchev–Trinajstić information content (AvgIpc) is 2.89. The van der Waals surface area contributed by atoms with Gasteiger partial charge in [0, 0.05) is 27.9 Å². The molecule has 2 rings (SSSR count). The van der Waals surface area contributed by atoms with Crippen molar-refractivity contribution in [2.24, 2.45) is 5.73 Å². The third kappa shape index (κ3) is 3.43. The van der Waals surface area contributed by atoms with E-state index >= 15 is 0 Å². The molecule has 6 heteroatoms. The number of benzene rings is 1. The Morgan fingerprint density at radius 3 is 2.95 bits per heavy atom. The number of aromatic nitrogens is 1. The second kappa shape index (κ2) is 6.32. The van der Waals surface area contributed by atoms with Gasteiger partial charge in [-0.2, -0.15) is 0 Å². The summed E-state index contributed by atoms with van der Waals surface area (Å²) in [5, 5.41) is 7.07. The van der Waals surface area contributed by atoms with Gasteiger partial charge >= 0.3 is 0 Å². The number of halogens is 1. The van der Waals surface area contributed by atoms with Crippen LogP contribution >= 0.6 is 35.2 Å². The first-order valence-corrected chi connectivity index (χ1v) is 7.53. The molecule has 3 nitrogen and oxygen atoms in total. The molecular formula is C13H14ClN3S2. The maximum absolute atomic E-state index is 6.04. The van der Waals surface area contributed by atoms with Crippen LogP contribution in [0.4, 0.5) is 5.69 Å². The standard InChI is InChI=1S/C13H14ClN3S2/c1-2-10(13-16-5-6-19-13)17-11-7-8(14)3-4-9(11)12(15)18/h3-7,10,17H,2H2,1H3,(H2,15,18). The second-order valence-corrected chi connectivity index (χ2v) is 5.83. The monoisotopic (exact) mass is 311 g/mol. The zero-order valence-corrected chi connectivity index (χ0v) is 12.8. The predicted molar refractivity (Wildman–Crippen MR) is 86.1 cm³/mol. The molecule has 3 N–H and O–H groups in total. The topological polar surface area (TPSA) is 50.9 Å². The Morgan fingerprint density at radius 1 is 1.58 bits per heavy atom. The maximum atomic E-state index is 6.04. The van der Waals surface area contributed by atoms with Gasteiger partial charge in [0.15, 0.2) is 0 Å². The van der Waals surface area contributed by atoms with Crippen LogP contribution in [0, 0.1) is 0 Å². The van der Waals surface area contributed by atoms with Crippen LogP contribution in [0.2, 0.25) is 5.02 Å². The maximum Gasteiger partial charge on any atom is 0.115 e. The molecule has 0 bridgehead atoms. The van der Waals surface area contributed by atoms with E-state index in [0.717, 1.165) is 22.7 Å². The lowest BCUT2D eigenvalue weighted by Gasteiger charge is -2.18. The second-order valence-electron chi connectivity index (χ2n) is 4.03. The van der Waals surface area contributed by atoms with Gasteiger partial charge < -0.3 is 11.1 Å². The fourth-order valence-electron chi connectivity index (χ4n) is 1.78. The van der Waals surface area contributed by atoms with E-state index in [-0.39, 0.29) is 6.04 Å². The van der Waals surface area contributed by atoms with Crippen molar-refractivity contribution in [1.29, 1.82) is 0 Å². The zero-order chi connectivity index (χ0) is 13.8. The summed E-state index contributed by atoms with van der Waals surface area (Å²) in [5.41, 5.74) is 7.39. The van der Waals surface area contributed by atoms with Crippen molar-refractivity contribution in [2.45, 2.75) is 19.4 Å². The number of hydrogen-bond acceptors (Lipinski definition) is 4. The summed E-state index contributed by atoms with van der Waals surface area (Å²) in [6.45, 7) is 2.10. The minimum Gasteiger partial charge on any atom is -0.389 e. The van der Waals surface area contributed by atoms with Gasteiger partial charge in [-0.15, -0.1) is 11.3 Å². The molecule has 2 aromatic rings. The Kier molecular flexibility index (Phi) is 4.74. The number of anilines is 1. The van der Waals surface area contributed by atoms with Crippen LogP contribution in [0.25, 0.3) is 0 Å². The molecule has 1 atom stereocenters. The van der Waals surface area contributed by atoms with Crippen molar-refractivity contribution in [3.05, 3.63) is 45.4 Å². The first kappa shape index (κ1) is 14.2. The van der Waals surface area contributed by atoms with E-state index in [2.05, 4.69) is 17.2 Å². The van der Waals surface area contributed by atoms with Crippen LogP contribution < -0.4 is 11.1 Å².